The minimum atomic E-state index is -0.197. The number of benzene rings is 1. The average Bonchev–Trinajstić information content (AvgIpc) is 2.67. The van der Waals surface area contributed by atoms with Crippen LogP contribution >= 0.6 is 0 Å². The highest BCUT2D eigenvalue weighted by atomic mass is 16.3. The molecule has 1 atom stereocenters. The number of nitrogens with one attached hydrogen (secondary N) is 1. The normalized spacial score (nSPS) is 12.7. The molecule has 0 fully saturated rings. The Morgan fingerprint density at radius 3 is 2.73 bits per heavy atom. The number of phenolic OH excluding ortho intramolecular Hbond substituents is 1. The lowest BCUT2D eigenvalue weighted by molar-refractivity contribution is 0.477. The van der Waals surface area contributed by atoms with Gasteiger partial charge in [0.1, 0.15) is 11.6 Å². The van der Waals surface area contributed by atoms with Crippen LogP contribution < -0.4 is 5.73 Å². The summed E-state index contributed by atoms with van der Waals surface area (Å²) in [6.07, 6.45) is 0. The third kappa shape index (κ3) is 1.82. The predicted octanol–water partition coefficient (Wildman–Crippen LogP) is 1.20. The van der Waals surface area contributed by atoms with Gasteiger partial charge in [-0.1, -0.05) is 12.1 Å². The van der Waals surface area contributed by atoms with E-state index >= 15 is 0 Å². The van der Waals surface area contributed by atoms with E-state index in [1.54, 1.807) is 18.2 Å². The summed E-state index contributed by atoms with van der Waals surface area (Å²) >= 11 is 0. The molecule has 1 aromatic heterocycles. The second-order valence-electron chi connectivity index (χ2n) is 3.35. The number of aromatic nitrogens is 3. The second kappa shape index (κ2) is 3.70. The minimum absolute atomic E-state index is 0.160. The fraction of sp³-hybridized carbons (Fsp3) is 0.200. The molecule has 0 saturated carbocycles. The van der Waals surface area contributed by atoms with Gasteiger partial charge < -0.3 is 10.8 Å². The summed E-state index contributed by atoms with van der Waals surface area (Å²) in [5, 5.41) is 16.3. The van der Waals surface area contributed by atoms with Crippen molar-refractivity contribution in [2.75, 3.05) is 0 Å². The average molecular weight is 204 g/mol. The molecule has 5 nitrogen and oxygen atoms in total. The summed E-state index contributed by atoms with van der Waals surface area (Å²) < 4.78 is 0. The lowest BCUT2D eigenvalue weighted by Crippen LogP contribution is -2.06. The zero-order valence-electron chi connectivity index (χ0n) is 8.31. The number of rotatable bonds is 2. The van der Waals surface area contributed by atoms with Crippen molar-refractivity contribution < 1.29 is 5.11 Å². The first-order valence-corrected chi connectivity index (χ1v) is 4.64. The van der Waals surface area contributed by atoms with Gasteiger partial charge in [-0.15, -0.1) is 0 Å². The molecule has 0 amide bonds. The number of hydrogen-bond acceptors (Lipinski definition) is 4. The molecule has 0 saturated heterocycles. The van der Waals surface area contributed by atoms with E-state index in [0.717, 1.165) is 0 Å². The van der Waals surface area contributed by atoms with Crippen molar-refractivity contribution in [1.82, 2.24) is 15.2 Å². The van der Waals surface area contributed by atoms with E-state index in [1.807, 2.05) is 13.0 Å². The first kappa shape index (κ1) is 9.67. The van der Waals surface area contributed by atoms with Crippen LogP contribution in [0.3, 0.4) is 0 Å². The first-order valence-electron chi connectivity index (χ1n) is 4.64. The standard InChI is InChI=1S/C10H12N4O/c1-6(11)9-12-10(14-13-9)7-4-2-3-5-8(7)15/h2-6,15H,11H2,1H3,(H,12,13,14)/t6-/m0/s1. The molecule has 4 N–H and O–H groups in total. The molecule has 0 unspecified atom stereocenters. The van der Waals surface area contributed by atoms with Crippen molar-refractivity contribution in [2.45, 2.75) is 13.0 Å². The number of nitrogens with zero attached hydrogens (tertiary/aromatic N) is 2. The van der Waals surface area contributed by atoms with E-state index in [0.29, 0.717) is 17.2 Å². The van der Waals surface area contributed by atoms with Gasteiger partial charge in [0, 0.05) is 0 Å². The molecule has 0 aliphatic heterocycles. The molecule has 78 valence electrons. The van der Waals surface area contributed by atoms with Crippen molar-refractivity contribution in [1.29, 1.82) is 0 Å². The van der Waals surface area contributed by atoms with Crippen molar-refractivity contribution in [3.05, 3.63) is 30.1 Å². The smallest absolute Gasteiger partial charge is 0.184 e. The number of para-hydroxylation sites is 1. The third-order valence-corrected chi connectivity index (χ3v) is 2.08. The van der Waals surface area contributed by atoms with Gasteiger partial charge in [-0.25, -0.2) is 4.98 Å². The topological polar surface area (TPSA) is 87.8 Å². The molecule has 0 aliphatic rings. The van der Waals surface area contributed by atoms with E-state index in [1.165, 1.54) is 0 Å². The molecule has 5 heteroatoms. The Balaban J connectivity index is 2.42. The molecule has 0 aliphatic carbocycles. The van der Waals surface area contributed by atoms with Crippen molar-refractivity contribution in [3.8, 4) is 17.1 Å². The van der Waals surface area contributed by atoms with Gasteiger partial charge in [0.25, 0.3) is 0 Å². The van der Waals surface area contributed by atoms with Crippen LogP contribution in [0.1, 0.15) is 18.8 Å². The van der Waals surface area contributed by atoms with E-state index < -0.39 is 0 Å². The highest BCUT2D eigenvalue weighted by Gasteiger charge is 2.11. The fourth-order valence-electron chi connectivity index (χ4n) is 1.26. The summed E-state index contributed by atoms with van der Waals surface area (Å²) in [4.78, 5) is 4.19. The van der Waals surface area contributed by atoms with Crippen molar-refractivity contribution in [2.24, 2.45) is 5.73 Å². The van der Waals surface area contributed by atoms with E-state index in [9.17, 15) is 5.11 Å². The third-order valence-electron chi connectivity index (χ3n) is 2.08. The Morgan fingerprint density at radius 1 is 1.40 bits per heavy atom. The van der Waals surface area contributed by atoms with Gasteiger partial charge in [0.15, 0.2) is 5.82 Å². The largest absolute Gasteiger partial charge is 0.507 e. The second-order valence-corrected chi connectivity index (χ2v) is 3.35. The van der Waals surface area contributed by atoms with E-state index in [4.69, 9.17) is 5.73 Å². The minimum Gasteiger partial charge on any atom is -0.507 e. The number of H-pyrrole nitrogens is 1. The highest BCUT2D eigenvalue weighted by molar-refractivity contribution is 5.62. The molecular formula is C10H12N4O. The van der Waals surface area contributed by atoms with Gasteiger partial charge in [-0.3, -0.25) is 5.10 Å². The molecule has 15 heavy (non-hydrogen) atoms. The van der Waals surface area contributed by atoms with Gasteiger partial charge >= 0.3 is 0 Å². The zero-order valence-corrected chi connectivity index (χ0v) is 8.31. The molecule has 0 radical (unpaired) electrons. The van der Waals surface area contributed by atoms with Crippen molar-refractivity contribution in [3.63, 3.8) is 0 Å². The molecule has 0 bridgehead atoms. The summed E-state index contributed by atoms with van der Waals surface area (Å²) in [5.41, 5.74) is 6.24. The highest BCUT2D eigenvalue weighted by Crippen LogP contribution is 2.25. The molecule has 1 aromatic carbocycles. The van der Waals surface area contributed by atoms with Crippen LogP contribution in [0.4, 0.5) is 0 Å². The molecule has 2 rings (SSSR count). The van der Waals surface area contributed by atoms with Gasteiger partial charge in [0.2, 0.25) is 0 Å². The predicted molar refractivity (Wildman–Crippen MR) is 56.1 cm³/mol. The lowest BCUT2D eigenvalue weighted by Gasteiger charge is -1.98. The maximum atomic E-state index is 9.59. The summed E-state index contributed by atoms with van der Waals surface area (Å²) in [6, 6.07) is 6.72. The van der Waals surface area contributed by atoms with Gasteiger partial charge in [-0.2, -0.15) is 5.10 Å². The number of aromatic hydroxyl groups is 1. The molecular weight excluding hydrogens is 192 g/mol. The Hall–Kier alpha value is -1.88. The summed E-state index contributed by atoms with van der Waals surface area (Å²) in [7, 11) is 0. The number of aromatic amines is 1. The van der Waals surface area contributed by atoms with E-state index in [2.05, 4.69) is 15.2 Å². The molecule has 0 spiro atoms. The fourth-order valence-corrected chi connectivity index (χ4v) is 1.26. The Kier molecular flexibility index (Phi) is 2.39. The SMILES string of the molecule is C[C@H](N)c1nc(-c2ccccc2O)n[nH]1. The summed E-state index contributed by atoms with van der Waals surface area (Å²) in [5.74, 6) is 1.22. The molecule has 2 aromatic rings. The zero-order chi connectivity index (χ0) is 10.8. The monoisotopic (exact) mass is 204 g/mol. The van der Waals surface area contributed by atoms with Crippen LogP contribution in [0.15, 0.2) is 24.3 Å². The first-order chi connectivity index (χ1) is 7.18. The maximum Gasteiger partial charge on any atom is 0.184 e. The number of nitrogens with two attached hydrogens (primary N) is 1. The Morgan fingerprint density at radius 2 is 2.13 bits per heavy atom. The van der Waals surface area contributed by atoms with Crippen LogP contribution in [0.5, 0.6) is 5.75 Å². The van der Waals surface area contributed by atoms with Crippen molar-refractivity contribution >= 4 is 0 Å². The van der Waals surface area contributed by atoms with Crippen LogP contribution in [0.25, 0.3) is 11.4 Å². The van der Waals surface area contributed by atoms with Crippen LogP contribution in [0.2, 0.25) is 0 Å². The maximum absolute atomic E-state index is 9.59. The van der Waals surface area contributed by atoms with E-state index in [-0.39, 0.29) is 11.8 Å². The molecule has 1 heterocycles. The van der Waals surface area contributed by atoms with Crippen LogP contribution in [0, 0.1) is 0 Å². The number of phenols is 1. The van der Waals surface area contributed by atoms with Crippen LogP contribution in [-0.4, -0.2) is 20.3 Å². The Bertz CT molecular complexity index is 464. The Labute approximate surface area is 87.0 Å². The summed E-state index contributed by atoms with van der Waals surface area (Å²) in [6.45, 7) is 1.81. The number of hydrogen-bond donors (Lipinski definition) is 3. The van der Waals surface area contributed by atoms with Gasteiger partial charge in [0.05, 0.1) is 11.6 Å². The van der Waals surface area contributed by atoms with Gasteiger partial charge in [-0.05, 0) is 19.1 Å². The van der Waals surface area contributed by atoms with Crippen LogP contribution in [-0.2, 0) is 0 Å². The lowest BCUT2D eigenvalue weighted by atomic mass is 10.2. The quantitative estimate of drug-likeness (QED) is 0.685.